The number of carboxylic acid groups (broad SMARTS) is 1. The maximum atomic E-state index is 12.6. The number of thioether (sulfide) groups is 1. The summed E-state index contributed by atoms with van der Waals surface area (Å²) >= 11 is 1.61. The third kappa shape index (κ3) is 4.63. The summed E-state index contributed by atoms with van der Waals surface area (Å²) in [5, 5.41) is 16.3. The van der Waals surface area contributed by atoms with E-state index in [1.807, 2.05) is 51.3 Å². The van der Waals surface area contributed by atoms with Crippen molar-refractivity contribution in [1.82, 2.24) is 15.1 Å². The molecule has 1 aromatic heterocycles. The lowest BCUT2D eigenvalue weighted by Crippen LogP contribution is -2.30. The molecular formula is C18H23N3O3S. The molecule has 2 aromatic rings. The summed E-state index contributed by atoms with van der Waals surface area (Å²) in [6.07, 6.45) is 3.32. The van der Waals surface area contributed by atoms with Crippen molar-refractivity contribution in [3.8, 4) is 0 Å². The van der Waals surface area contributed by atoms with Gasteiger partial charge in [-0.2, -0.15) is 5.10 Å². The van der Waals surface area contributed by atoms with Gasteiger partial charge in [0, 0.05) is 16.6 Å². The first kappa shape index (κ1) is 19.1. The van der Waals surface area contributed by atoms with E-state index in [-0.39, 0.29) is 18.4 Å². The van der Waals surface area contributed by atoms with Crippen molar-refractivity contribution in [2.24, 2.45) is 0 Å². The average molecular weight is 361 g/mol. The summed E-state index contributed by atoms with van der Waals surface area (Å²) in [6.45, 7) is 5.81. The smallest absolute Gasteiger partial charge is 0.305 e. The minimum atomic E-state index is -0.964. The molecule has 1 heterocycles. The number of carbonyl (C=O) groups is 2. The lowest BCUT2D eigenvalue weighted by molar-refractivity contribution is -0.137. The number of amides is 1. The van der Waals surface area contributed by atoms with E-state index in [9.17, 15) is 14.7 Å². The summed E-state index contributed by atoms with van der Waals surface area (Å²) in [5.41, 5.74) is 1.99. The maximum absolute atomic E-state index is 12.6. The Balaban J connectivity index is 2.24. The van der Waals surface area contributed by atoms with Crippen LogP contribution in [0.5, 0.6) is 0 Å². The van der Waals surface area contributed by atoms with Crippen LogP contribution in [0, 0.1) is 6.92 Å². The van der Waals surface area contributed by atoms with Gasteiger partial charge in [0.2, 0.25) is 0 Å². The van der Waals surface area contributed by atoms with E-state index in [1.165, 1.54) is 6.20 Å². The van der Waals surface area contributed by atoms with Crippen molar-refractivity contribution in [2.45, 2.75) is 44.2 Å². The molecule has 7 heteroatoms. The summed E-state index contributed by atoms with van der Waals surface area (Å²) < 4.78 is 1.77. The summed E-state index contributed by atoms with van der Waals surface area (Å²) in [7, 11) is 0. The van der Waals surface area contributed by atoms with E-state index >= 15 is 0 Å². The van der Waals surface area contributed by atoms with Crippen LogP contribution in [-0.4, -0.2) is 33.0 Å². The molecule has 6 nitrogen and oxygen atoms in total. The van der Waals surface area contributed by atoms with Crippen molar-refractivity contribution in [2.75, 3.05) is 6.26 Å². The van der Waals surface area contributed by atoms with Crippen LogP contribution in [0.1, 0.15) is 54.0 Å². The van der Waals surface area contributed by atoms with Crippen LogP contribution < -0.4 is 5.32 Å². The third-order valence-corrected chi connectivity index (χ3v) is 4.72. The minimum absolute atomic E-state index is 0.149. The largest absolute Gasteiger partial charge is 0.481 e. The number of hydrogen-bond acceptors (Lipinski definition) is 4. The van der Waals surface area contributed by atoms with E-state index in [1.54, 1.807) is 16.4 Å². The maximum Gasteiger partial charge on any atom is 0.305 e. The second kappa shape index (κ2) is 8.20. The lowest BCUT2D eigenvalue weighted by Gasteiger charge is -2.18. The van der Waals surface area contributed by atoms with Gasteiger partial charge in [0.1, 0.15) is 0 Å². The quantitative estimate of drug-likeness (QED) is 0.738. The molecular weight excluding hydrogens is 338 g/mol. The molecule has 0 aliphatic rings. The fourth-order valence-corrected chi connectivity index (χ4v) is 3.07. The number of hydrogen-bond donors (Lipinski definition) is 2. The molecule has 1 aromatic carbocycles. The van der Waals surface area contributed by atoms with Crippen LogP contribution in [-0.2, 0) is 4.79 Å². The Morgan fingerprint density at radius 3 is 2.40 bits per heavy atom. The zero-order valence-electron chi connectivity index (χ0n) is 14.8. The van der Waals surface area contributed by atoms with Crippen LogP contribution >= 0.6 is 11.8 Å². The van der Waals surface area contributed by atoms with Crippen LogP contribution in [0.3, 0.4) is 0 Å². The number of aliphatic carboxylic acids is 1. The van der Waals surface area contributed by atoms with Gasteiger partial charge in [0.15, 0.2) is 0 Å². The number of aromatic nitrogens is 2. The number of nitrogens with one attached hydrogen (secondary N) is 1. The highest BCUT2D eigenvalue weighted by Gasteiger charge is 2.22. The zero-order valence-corrected chi connectivity index (χ0v) is 15.6. The lowest BCUT2D eigenvalue weighted by atomic mass is 10.0. The highest BCUT2D eigenvalue weighted by molar-refractivity contribution is 7.98. The molecule has 134 valence electrons. The molecule has 25 heavy (non-hydrogen) atoms. The molecule has 0 saturated heterocycles. The van der Waals surface area contributed by atoms with E-state index in [0.717, 1.165) is 16.2 Å². The van der Waals surface area contributed by atoms with Gasteiger partial charge in [-0.05, 0) is 44.7 Å². The predicted octanol–water partition coefficient (Wildman–Crippen LogP) is 3.44. The predicted molar refractivity (Wildman–Crippen MR) is 98.0 cm³/mol. The number of rotatable bonds is 7. The Labute approximate surface area is 151 Å². The Kier molecular flexibility index (Phi) is 6.25. The minimum Gasteiger partial charge on any atom is -0.481 e. The molecule has 0 bridgehead atoms. The topological polar surface area (TPSA) is 84.2 Å². The molecule has 0 spiro atoms. The van der Waals surface area contributed by atoms with Crippen molar-refractivity contribution >= 4 is 23.6 Å². The van der Waals surface area contributed by atoms with Crippen LogP contribution in [0.15, 0.2) is 35.4 Å². The van der Waals surface area contributed by atoms with E-state index in [4.69, 9.17) is 0 Å². The highest BCUT2D eigenvalue weighted by Crippen LogP contribution is 2.22. The Morgan fingerprint density at radius 2 is 1.92 bits per heavy atom. The van der Waals surface area contributed by atoms with Gasteiger partial charge in [0.25, 0.3) is 5.91 Å². The molecule has 2 rings (SSSR count). The molecule has 1 amide bonds. The molecule has 2 N–H and O–H groups in total. The van der Waals surface area contributed by atoms with Crippen LogP contribution in [0.2, 0.25) is 0 Å². The first-order valence-corrected chi connectivity index (χ1v) is 9.26. The first-order valence-electron chi connectivity index (χ1n) is 8.04. The molecule has 1 atom stereocenters. The average Bonchev–Trinajstić information content (AvgIpc) is 2.95. The number of carboxylic acids is 1. The van der Waals surface area contributed by atoms with Crippen molar-refractivity contribution in [3.05, 3.63) is 47.3 Å². The summed E-state index contributed by atoms with van der Waals surface area (Å²) in [6, 6.07) is 7.10. The van der Waals surface area contributed by atoms with E-state index < -0.39 is 12.0 Å². The van der Waals surface area contributed by atoms with E-state index in [0.29, 0.717) is 5.56 Å². The first-order chi connectivity index (χ1) is 11.8. The Hall–Kier alpha value is -2.28. The molecule has 0 aliphatic heterocycles. The summed E-state index contributed by atoms with van der Waals surface area (Å²) in [5.74, 6) is -1.28. The standard InChI is InChI=1S/C18H23N3O3S/c1-11(2)21-12(3)15(10-19-21)18(24)20-16(9-17(22)23)13-5-7-14(25-4)8-6-13/h5-8,10-11,16H,9H2,1-4H3,(H,20,24)(H,22,23). The fraction of sp³-hybridized carbons (Fsp3) is 0.389. The molecule has 0 radical (unpaired) electrons. The number of carbonyl (C=O) groups excluding carboxylic acids is 1. The van der Waals surface area contributed by atoms with Gasteiger partial charge in [-0.25, -0.2) is 0 Å². The molecule has 1 unspecified atom stereocenters. The molecule has 0 saturated carbocycles. The molecule has 0 fully saturated rings. The number of nitrogens with zero attached hydrogens (tertiary/aromatic N) is 2. The third-order valence-electron chi connectivity index (χ3n) is 3.98. The van der Waals surface area contributed by atoms with Gasteiger partial charge in [-0.3, -0.25) is 14.3 Å². The van der Waals surface area contributed by atoms with Crippen LogP contribution in [0.25, 0.3) is 0 Å². The zero-order chi connectivity index (χ0) is 18.6. The normalized spacial score (nSPS) is 12.2. The van der Waals surface area contributed by atoms with Gasteiger partial charge >= 0.3 is 5.97 Å². The SMILES string of the molecule is CSc1ccc(C(CC(=O)O)NC(=O)c2cnn(C(C)C)c2C)cc1. The second-order valence-corrected chi connectivity index (χ2v) is 6.96. The highest BCUT2D eigenvalue weighted by atomic mass is 32.2. The van der Waals surface area contributed by atoms with Gasteiger partial charge < -0.3 is 10.4 Å². The fourth-order valence-electron chi connectivity index (χ4n) is 2.67. The summed E-state index contributed by atoms with van der Waals surface area (Å²) in [4.78, 5) is 24.9. The Morgan fingerprint density at radius 1 is 1.28 bits per heavy atom. The van der Waals surface area contributed by atoms with Crippen molar-refractivity contribution < 1.29 is 14.7 Å². The van der Waals surface area contributed by atoms with Crippen molar-refractivity contribution in [1.29, 1.82) is 0 Å². The van der Waals surface area contributed by atoms with Gasteiger partial charge in [-0.15, -0.1) is 11.8 Å². The van der Waals surface area contributed by atoms with Gasteiger partial charge in [0.05, 0.1) is 24.2 Å². The monoisotopic (exact) mass is 361 g/mol. The van der Waals surface area contributed by atoms with E-state index in [2.05, 4.69) is 10.4 Å². The van der Waals surface area contributed by atoms with Crippen molar-refractivity contribution in [3.63, 3.8) is 0 Å². The molecule has 0 aliphatic carbocycles. The number of benzene rings is 1. The Bertz CT molecular complexity index is 753. The van der Waals surface area contributed by atoms with Gasteiger partial charge in [-0.1, -0.05) is 12.1 Å². The second-order valence-electron chi connectivity index (χ2n) is 6.08. The van der Waals surface area contributed by atoms with Crippen LogP contribution in [0.4, 0.5) is 0 Å².